The Hall–Kier alpha value is -2.08. The van der Waals surface area contributed by atoms with Crippen molar-refractivity contribution in [3.05, 3.63) is 30.0 Å². The lowest BCUT2D eigenvalue weighted by Crippen LogP contribution is -2.35. The van der Waals surface area contributed by atoms with E-state index < -0.39 is 5.60 Å². The van der Waals surface area contributed by atoms with Gasteiger partial charge in [0.15, 0.2) is 0 Å². The van der Waals surface area contributed by atoms with Crippen molar-refractivity contribution in [1.29, 1.82) is 0 Å². The smallest absolute Gasteiger partial charge is 0.410 e. The molecule has 1 aliphatic rings. The van der Waals surface area contributed by atoms with E-state index in [4.69, 9.17) is 9.47 Å². The lowest BCUT2D eigenvalue weighted by molar-refractivity contribution is 0.00158. The second-order valence-electron chi connectivity index (χ2n) is 7.18. The van der Waals surface area contributed by atoms with Crippen molar-refractivity contribution in [1.82, 2.24) is 14.7 Å². The number of rotatable bonds is 3. The number of hydrogen-bond acceptors (Lipinski definition) is 4. The van der Waals surface area contributed by atoms with Gasteiger partial charge < -0.3 is 14.4 Å². The molecule has 0 radical (unpaired) electrons. The number of nitrogens with zero attached hydrogens (tertiary/aromatic N) is 3. The molecule has 6 nitrogen and oxygen atoms in total. The molecule has 1 aromatic heterocycles. The van der Waals surface area contributed by atoms with E-state index in [2.05, 4.69) is 11.2 Å². The maximum atomic E-state index is 12.1. The molecule has 1 atom stereocenters. The lowest BCUT2D eigenvalue weighted by Gasteiger charge is -2.28. The second-order valence-corrected chi connectivity index (χ2v) is 7.18. The minimum absolute atomic E-state index is 0.0592. The van der Waals surface area contributed by atoms with E-state index in [0.717, 1.165) is 23.1 Å². The second kappa shape index (κ2) is 6.43. The van der Waals surface area contributed by atoms with Gasteiger partial charge in [-0.25, -0.2) is 4.79 Å². The third-order valence-corrected chi connectivity index (χ3v) is 4.05. The summed E-state index contributed by atoms with van der Waals surface area (Å²) in [5.74, 6) is 0. The molecule has 1 aliphatic heterocycles. The minimum Gasteiger partial charge on any atom is -0.444 e. The van der Waals surface area contributed by atoms with E-state index in [-0.39, 0.29) is 12.2 Å². The molecule has 1 amide bonds. The Morgan fingerprint density at radius 1 is 1.42 bits per heavy atom. The molecule has 0 bridgehead atoms. The number of carbonyl (C=O) groups is 1. The first-order valence-corrected chi connectivity index (χ1v) is 8.36. The lowest BCUT2D eigenvalue weighted by atomic mass is 10.1. The predicted molar refractivity (Wildman–Crippen MR) is 91.9 cm³/mol. The summed E-state index contributed by atoms with van der Waals surface area (Å²) in [6, 6.07) is 8.11. The van der Waals surface area contributed by atoms with Crippen LogP contribution in [0.15, 0.2) is 24.3 Å². The topological polar surface area (TPSA) is 56.6 Å². The molecule has 0 unspecified atom stereocenters. The standard InChI is InChI=1S/C18H25N3O3/c1-18(2,3)24-17(22)20(4)10-9-15-16-13-7-5-6-8-14(13)19-21(16)11-12-23-15/h5-8,15H,9-12H2,1-4H3/t15-/m0/s1. The predicted octanol–water partition coefficient (Wildman–Crippen LogP) is 3.36. The fraction of sp³-hybridized carbons (Fsp3) is 0.556. The Kier molecular flexibility index (Phi) is 4.49. The van der Waals surface area contributed by atoms with Gasteiger partial charge in [0, 0.05) is 19.0 Å². The van der Waals surface area contributed by atoms with Gasteiger partial charge in [0.1, 0.15) is 11.7 Å². The molecule has 0 saturated carbocycles. The maximum absolute atomic E-state index is 12.1. The van der Waals surface area contributed by atoms with Crippen LogP contribution in [0.2, 0.25) is 0 Å². The first kappa shape index (κ1) is 16.8. The third kappa shape index (κ3) is 3.53. The van der Waals surface area contributed by atoms with Gasteiger partial charge in [-0.05, 0) is 33.3 Å². The number of benzene rings is 1. The Balaban J connectivity index is 1.70. The van der Waals surface area contributed by atoms with Gasteiger partial charge in [0.05, 0.1) is 24.4 Å². The van der Waals surface area contributed by atoms with Crippen LogP contribution < -0.4 is 0 Å². The van der Waals surface area contributed by atoms with Gasteiger partial charge in [0.25, 0.3) is 0 Å². The summed E-state index contributed by atoms with van der Waals surface area (Å²) >= 11 is 0. The van der Waals surface area contributed by atoms with Crippen molar-refractivity contribution < 1.29 is 14.3 Å². The van der Waals surface area contributed by atoms with E-state index in [9.17, 15) is 4.79 Å². The monoisotopic (exact) mass is 331 g/mol. The Labute approximate surface area is 142 Å². The number of fused-ring (bicyclic) bond motifs is 3. The number of amides is 1. The molecule has 3 rings (SSSR count). The normalized spacial score (nSPS) is 17.6. The summed E-state index contributed by atoms with van der Waals surface area (Å²) in [6.45, 7) is 7.58. The molecule has 2 aromatic rings. The average molecular weight is 331 g/mol. The molecule has 0 saturated heterocycles. The molecule has 0 spiro atoms. The van der Waals surface area contributed by atoms with Gasteiger partial charge in [0.2, 0.25) is 0 Å². The van der Waals surface area contributed by atoms with Crippen molar-refractivity contribution in [3.63, 3.8) is 0 Å². The third-order valence-electron chi connectivity index (χ3n) is 4.05. The van der Waals surface area contributed by atoms with Crippen molar-refractivity contribution in [2.45, 2.75) is 45.4 Å². The van der Waals surface area contributed by atoms with Gasteiger partial charge in [-0.1, -0.05) is 18.2 Å². The zero-order valence-electron chi connectivity index (χ0n) is 14.8. The summed E-state index contributed by atoms with van der Waals surface area (Å²) in [7, 11) is 1.76. The van der Waals surface area contributed by atoms with Crippen molar-refractivity contribution in [2.75, 3.05) is 20.2 Å². The maximum Gasteiger partial charge on any atom is 0.410 e. The summed E-state index contributed by atoms with van der Waals surface area (Å²) in [5.41, 5.74) is 1.61. The van der Waals surface area contributed by atoms with E-state index >= 15 is 0 Å². The SMILES string of the molecule is CN(CC[C@@H]1OCCn2nc3ccccc3c21)C(=O)OC(C)(C)C. The number of ether oxygens (including phenoxy) is 2. The van der Waals surface area contributed by atoms with Crippen LogP contribution in [-0.2, 0) is 16.0 Å². The molecule has 24 heavy (non-hydrogen) atoms. The Morgan fingerprint density at radius 3 is 2.92 bits per heavy atom. The van der Waals surface area contributed by atoms with Crippen molar-refractivity contribution >= 4 is 17.0 Å². The molecule has 0 aliphatic carbocycles. The molecule has 2 heterocycles. The van der Waals surface area contributed by atoms with Crippen LogP contribution in [0.5, 0.6) is 0 Å². The van der Waals surface area contributed by atoms with Crippen LogP contribution in [0.4, 0.5) is 4.79 Å². The molecule has 0 N–H and O–H groups in total. The first-order valence-electron chi connectivity index (χ1n) is 8.36. The molecule has 6 heteroatoms. The zero-order valence-corrected chi connectivity index (χ0v) is 14.8. The number of aromatic nitrogens is 2. The van der Waals surface area contributed by atoms with Crippen molar-refractivity contribution in [3.8, 4) is 0 Å². The highest BCUT2D eigenvalue weighted by molar-refractivity contribution is 5.82. The van der Waals surface area contributed by atoms with Crippen LogP contribution in [0, 0.1) is 0 Å². The van der Waals surface area contributed by atoms with E-state index in [0.29, 0.717) is 19.6 Å². The highest BCUT2D eigenvalue weighted by Gasteiger charge is 2.27. The van der Waals surface area contributed by atoms with Gasteiger partial charge in [-0.3, -0.25) is 4.68 Å². The molecular weight excluding hydrogens is 306 g/mol. The number of hydrogen-bond donors (Lipinski definition) is 0. The van der Waals surface area contributed by atoms with E-state index in [1.54, 1.807) is 11.9 Å². The van der Waals surface area contributed by atoms with Crippen LogP contribution in [0.1, 0.15) is 39.0 Å². The summed E-state index contributed by atoms with van der Waals surface area (Å²) in [6.07, 6.45) is 0.346. The zero-order chi connectivity index (χ0) is 17.3. The van der Waals surface area contributed by atoms with Gasteiger partial charge in [-0.2, -0.15) is 5.10 Å². The highest BCUT2D eigenvalue weighted by Crippen LogP contribution is 2.31. The Bertz CT molecular complexity index is 733. The first-order chi connectivity index (χ1) is 11.3. The minimum atomic E-state index is -0.485. The molecular formula is C18H25N3O3. The average Bonchev–Trinajstić information content (AvgIpc) is 2.90. The highest BCUT2D eigenvalue weighted by atomic mass is 16.6. The molecule has 130 valence electrons. The van der Waals surface area contributed by atoms with Crippen LogP contribution in [0.25, 0.3) is 10.9 Å². The molecule has 0 fully saturated rings. The fourth-order valence-corrected chi connectivity index (χ4v) is 2.93. The van der Waals surface area contributed by atoms with Gasteiger partial charge in [-0.15, -0.1) is 0 Å². The Morgan fingerprint density at radius 2 is 2.17 bits per heavy atom. The van der Waals surface area contributed by atoms with Gasteiger partial charge >= 0.3 is 6.09 Å². The quantitative estimate of drug-likeness (QED) is 0.865. The summed E-state index contributed by atoms with van der Waals surface area (Å²) < 4.78 is 13.4. The van der Waals surface area contributed by atoms with E-state index in [1.807, 2.05) is 43.7 Å². The summed E-state index contributed by atoms with van der Waals surface area (Å²) in [4.78, 5) is 13.7. The molecule has 1 aromatic carbocycles. The van der Waals surface area contributed by atoms with Crippen LogP contribution in [-0.4, -0.2) is 46.6 Å². The fourth-order valence-electron chi connectivity index (χ4n) is 2.93. The van der Waals surface area contributed by atoms with Crippen molar-refractivity contribution in [2.24, 2.45) is 0 Å². The largest absolute Gasteiger partial charge is 0.444 e. The van der Waals surface area contributed by atoms with Crippen LogP contribution >= 0.6 is 0 Å². The summed E-state index contributed by atoms with van der Waals surface area (Å²) in [5, 5.41) is 5.77. The number of carbonyl (C=O) groups excluding carboxylic acids is 1. The van der Waals surface area contributed by atoms with E-state index in [1.165, 1.54) is 0 Å². The van der Waals surface area contributed by atoms with Crippen LogP contribution in [0.3, 0.4) is 0 Å².